The second-order valence-corrected chi connectivity index (χ2v) is 4.13. The molecule has 0 saturated heterocycles. The smallest absolute Gasteiger partial charge is 0.349 e. The fourth-order valence-corrected chi connectivity index (χ4v) is 1.73. The number of aryl methyl sites for hydroxylation is 1. The molecule has 4 heteroatoms. The van der Waals surface area contributed by atoms with Crippen LogP contribution in [0.1, 0.15) is 17.2 Å². The van der Waals surface area contributed by atoms with Gasteiger partial charge in [-0.1, -0.05) is 42.5 Å². The highest BCUT2D eigenvalue weighted by molar-refractivity contribution is 5.74. The van der Waals surface area contributed by atoms with E-state index in [0.717, 1.165) is 0 Å². The Bertz CT molecular complexity index is 581. The summed E-state index contributed by atoms with van der Waals surface area (Å²) < 4.78 is 19.1. The number of carbonyl (C=O) groups is 1. The molecular weight excluding hydrogens is 247 g/mol. The summed E-state index contributed by atoms with van der Waals surface area (Å²) in [5, 5.41) is 9.20. The van der Waals surface area contributed by atoms with Crippen molar-refractivity contribution in [2.75, 3.05) is 0 Å². The van der Waals surface area contributed by atoms with Gasteiger partial charge in [-0.2, -0.15) is 0 Å². The van der Waals surface area contributed by atoms with E-state index in [1.165, 1.54) is 6.07 Å². The molecule has 1 unspecified atom stereocenters. The molecule has 19 heavy (non-hydrogen) atoms. The minimum Gasteiger partial charge on any atom is -0.478 e. The van der Waals surface area contributed by atoms with Crippen LogP contribution in [0.2, 0.25) is 0 Å². The maximum Gasteiger partial charge on any atom is 0.349 e. The molecule has 0 aromatic heterocycles. The first-order valence-corrected chi connectivity index (χ1v) is 5.79. The van der Waals surface area contributed by atoms with E-state index in [2.05, 4.69) is 0 Å². The van der Waals surface area contributed by atoms with Crippen LogP contribution in [0, 0.1) is 12.7 Å². The molecule has 3 nitrogen and oxygen atoms in total. The number of ether oxygens (including phenoxy) is 1. The molecule has 0 aliphatic carbocycles. The van der Waals surface area contributed by atoms with Crippen molar-refractivity contribution >= 4 is 5.97 Å². The van der Waals surface area contributed by atoms with Crippen LogP contribution in [0.4, 0.5) is 4.39 Å². The van der Waals surface area contributed by atoms with Crippen molar-refractivity contribution < 1.29 is 19.0 Å². The third-order valence-corrected chi connectivity index (χ3v) is 2.73. The third-order valence-electron chi connectivity index (χ3n) is 2.73. The molecule has 1 N–H and O–H groups in total. The van der Waals surface area contributed by atoms with Crippen molar-refractivity contribution in [1.82, 2.24) is 0 Å². The van der Waals surface area contributed by atoms with E-state index in [9.17, 15) is 14.3 Å². The first kappa shape index (κ1) is 13.1. The Labute approximate surface area is 110 Å². The van der Waals surface area contributed by atoms with Crippen molar-refractivity contribution in [3.8, 4) is 5.75 Å². The molecule has 0 spiro atoms. The van der Waals surface area contributed by atoms with E-state index < -0.39 is 17.9 Å². The van der Waals surface area contributed by atoms with Crippen LogP contribution in [-0.4, -0.2) is 11.1 Å². The molecule has 0 amide bonds. The first-order valence-electron chi connectivity index (χ1n) is 5.79. The fraction of sp³-hybridized carbons (Fsp3) is 0.133. The van der Waals surface area contributed by atoms with Gasteiger partial charge in [0.25, 0.3) is 0 Å². The molecule has 2 rings (SSSR count). The lowest BCUT2D eigenvalue weighted by atomic mass is 10.1. The normalized spacial score (nSPS) is 11.9. The third kappa shape index (κ3) is 2.91. The Hall–Kier alpha value is -2.36. The minimum atomic E-state index is -1.22. The minimum absolute atomic E-state index is 0.0590. The maximum atomic E-state index is 13.8. The SMILES string of the molecule is Cc1cccc(OC(C(=O)O)c2ccccc2)c1F. The largest absolute Gasteiger partial charge is 0.478 e. The van der Waals surface area contributed by atoms with Crippen molar-refractivity contribution in [1.29, 1.82) is 0 Å². The van der Waals surface area contributed by atoms with Crippen LogP contribution in [-0.2, 0) is 4.79 Å². The van der Waals surface area contributed by atoms with Crippen molar-refractivity contribution in [3.05, 3.63) is 65.5 Å². The summed E-state index contributed by atoms with van der Waals surface area (Å²) in [6.07, 6.45) is -1.22. The summed E-state index contributed by atoms with van der Waals surface area (Å²) in [6, 6.07) is 13.1. The van der Waals surface area contributed by atoms with Gasteiger partial charge in [0.1, 0.15) is 0 Å². The van der Waals surface area contributed by atoms with Gasteiger partial charge in [-0.25, -0.2) is 9.18 Å². The summed E-state index contributed by atoms with van der Waals surface area (Å²) in [5.74, 6) is -1.76. The van der Waals surface area contributed by atoms with Gasteiger partial charge in [0.15, 0.2) is 11.6 Å². The Morgan fingerprint density at radius 1 is 1.16 bits per heavy atom. The summed E-state index contributed by atoms with van der Waals surface area (Å²) in [7, 11) is 0. The van der Waals surface area contributed by atoms with Gasteiger partial charge in [0.05, 0.1) is 0 Å². The standard InChI is InChI=1S/C15H13FO3/c1-10-6-5-9-12(13(10)16)19-14(15(17)18)11-7-3-2-4-8-11/h2-9,14H,1H3,(H,17,18). The second kappa shape index (κ2) is 5.52. The van der Waals surface area contributed by atoms with E-state index in [0.29, 0.717) is 11.1 Å². The molecule has 2 aromatic rings. The number of aliphatic carboxylic acids is 1. The van der Waals surface area contributed by atoms with Crippen LogP contribution in [0.3, 0.4) is 0 Å². The molecule has 0 saturated carbocycles. The molecule has 0 fully saturated rings. The highest BCUT2D eigenvalue weighted by atomic mass is 19.1. The van der Waals surface area contributed by atoms with Crippen molar-refractivity contribution in [2.45, 2.75) is 13.0 Å². The highest BCUT2D eigenvalue weighted by Gasteiger charge is 2.23. The van der Waals surface area contributed by atoms with E-state index in [1.807, 2.05) is 0 Å². The van der Waals surface area contributed by atoms with Crippen molar-refractivity contribution in [2.24, 2.45) is 0 Å². The molecule has 1 atom stereocenters. The van der Waals surface area contributed by atoms with E-state index in [1.54, 1.807) is 49.4 Å². The van der Waals surface area contributed by atoms with Gasteiger partial charge in [-0.15, -0.1) is 0 Å². The number of rotatable bonds is 4. The lowest BCUT2D eigenvalue weighted by Gasteiger charge is -2.16. The Balaban J connectivity index is 2.32. The second-order valence-electron chi connectivity index (χ2n) is 4.13. The molecule has 0 bridgehead atoms. The van der Waals surface area contributed by atoms with Crippen LogP contribution in [0.25, 0.3) is 0 Å². The first-order chi connectivity index (χ1) is 9.09. The molecule has 2 aromatic carbocycles. The average Bonchev–Trinajstić information content (AvgIpc) is 2.41. The molecule has 0 heterocycles. The van der Waals surface area contributed by atoms with Gasteiger partial charge in [0, 0.05) is 5.56 Å². The monoisotopic (exact) mass is 260 g/mol. The van der Waals surface area contributed by atoms with Gasteiger partial charge in [-0.05, 0) is 18.6 Å². The molecule has 0 radical (unpaired) electrons. The summed E-state index contributed by atoms with van der Waals surface area (Å²) >= 11 is 0. The number of benzene rings is 2. The van der Waals surface area contributed by atoms with Gasteiger partial charge in [-0.3, -0.25) is 0 Å². The fourth-order valence-electron chi connectivity index (χ4n) is 1.73. The predicted octanol–water partition coefficient (Wildman–Crippen LogP) is 3.34. The topological polar surface area (TPSA) is 46.5 Å². The van der Waals surface area contributed by atoms with Crippen LogP contribution in [0.5, 0.6) is 5.75 Å². The molecule has 0 aliphatic rings. The highest BCUT2D eigenvalue weighted by Crippen LogP contribution is 2.26. The number of halogens is 1. The Morgan fingerprint density at radius 2 is 1.84 bits per heavy atom. The quantitative estimate of drug-likeness (QED) is 0.917. The van der Waals surface area contributed by atoms with Gasteiger partial charge < -0.3 is 9.84 Å². The van der Waals surface area contributed by atoms with Gasteiger partial charge >= 0.3 is 5.97 Å². The number of carboxylic acids is 1. The summed E-state index contributed by atoms with van der Waals surface area (Å²) in [4.78, 5) is 11.3. The van der Waals surface area contributed by atoms with E-state index in [4.69, 9.17) is 4.74 Å². The number of hydrogen-bond acceptors (Lipinski definition) is 2. The lowest BCUT2D eigenvalue weighted by molar-refractivity contribution is -0.145. The van der Waals surface area contributed by atoms with Crippen LogP contribution >= 0.6 is 0 Å². The average molecular weight is 260 g/mol. The Kier molecular flexibility index (Phi) is 3.80. The zero-order valence-electron chi connectivity index (χ0n) is 10.3. The van der Waals surface area contributed by atoms with Crippen molar-refractivity contribution in [3.63, 3.8) is 0 Å². The zero-order valence-corrected chi connectivity index (χ0v) is 10.3. The van der Waals surface area contributed by atoms with Gasteiger partial charge in [0.2, 0.25) is 6.10 Å². The predicted molar refractivity (Wildman–Crippen MR) is 68.6 cm³/mol. The maximum absolute atomic E-state index is 13.8. The lowest BCUT2D eigenvalue weighted by Crippen LogP contribution is -2.18. The number of carboxylic acid groups (broad SMARTS) is 1. The Morgan fingerprint density at radius 3 is 2.47 bits per heavy atom. The van der Waals surface area contributed by atoms with Crippen LogP contribution in [0.15, 0.2) is 48.5 Å². The van der Waals surface area contributed by atoms with Crippen LogP contribution < -0.4 is 4.74 Å². The van der Waals surface area contributed by atoms with E-state index in [-0.39, 0.29) is 5.75 Å². The molecule has 98 valence electrons. The summed E-state index contributed by atoms with van der Waals surface area (Å²) in [5.41, 5.74) is 0.880. The summed E-state index contributed by atoms with van der Waals surface area (Å²) in [6.45, 7) is 1.60. The van der Waals surface area contributed by atoms with E-state index >= 15 is 0 Å². The zero-order chi connectivity index (χ0) is 13.8. The molecular formula is C15H13FO3. The number of hydrogen-bond donors (Lipinski definition) is 1. The molecule has 0 aliphatic heterocycles.